The Hall–Kier alpha value is -1.86. The molecule has 1 fully saturated rings. The van der Waals surface area contributed by atoms with Crippen molar-refractivity contribution in [1.82, 2.24) is 9.88 Å². The minimum atomic E-state index is -0.495. The molecule has 0 aliphatic carbocycles. The Kier molecular flexibility index (Phi) is 5.05. The molecule has 0 aromatic carbocycles. The Morgan fingerprint density at radius 3 is 2.46 bits per heavy atom. The summed E-state index contributed by atoms with van der Waals surface area (Å²) >= 11 is 0. The molecule has 2 heterocycles. The Morgan fingerprint density at radius 1 is 1.33 bits per heavy atom. The molecule has 1 amide bonds. The first-order chi connectivity index (χ1) is 11.0. The van der Waals surface area contributed by atoms with Gasteiger partial charge in [-0.1, -0.05) is 0 Å². The number of ether oxygens (including phenoxy) is 1. The number of hydrogen-bond donors (Lipinski definition) is 1. The second-order valence-electron chi connectivity index (χ2n) is 7.82. The number of quaternary nitrogens is 1. The maximum absolute atomic E-state index is 12.3. The van der Waals surface area contributed by atoms with Crippen molar-refractivity contribution >= 4 is 17.6 Å². The summed E-state index contributed by atoms with van der Waals surface area (Å²) in [6.45, 7) is 11.6. The number of nitrogens with one attached hydrogen (secondary N) is 1. The molecule has 24 heavy (non-hydrogen) atoms. The van der Waals surface area contributed by atoms with Gasteiger partial charge in [0.25, 0.3) is 0 Å². The largest absolute Gasteiger partial charge is 0.628 e. The predicted molar refractivity (Wildman–Crippen MR) is 93.4 cm³/mol. The molecule has 134 valence electrons. The zero-order valence-corrected chi connectivity index (χ0v) is 15.4. The van der Waals surface area contributed by atoms with Gasteiger partial charge in [0.2, 0.25) is 5.82 Å². The van der Waals surface area contributed by atoms with Gasteiger partial charge in [0.05, 0.1) is 24.5 Å². The van der Waals surface area contributed by atoms with E-state index in [1.807, 2.05) is 26.8 Å². The standard InChI is InChI=1S/C17H28N4O3/c1-16(2,3)24-15(22)20-9-10-21(17(4,5)12-20)13-7-8-14(18-11-13)19(6)23/h7-8,11,19H,9-10,12H2,1-6H3. The van der Waals surface area contributed by atoms with Crippen LogP contribution in [0.25, 0.3) is 0 Å². The van der Waals surface area contributed by atoms with Gasteiger partial charge in [-0.2, -0.15) is 0 Å². The summed E-state index contributed by atoms with van der Waals surface area (Å²) in [7, 11) is 1.51. The second-order valence-corrected chi connectivity index (χ2v) is 7.82. The highest BCUT2D eigenvalue weighted by atomic mass is 16.6. The average Bonchev–Trinajstić information content (AvgIpc) is 2.44. The lowest BCUT2D eigenvalue weighted by Gasteiger charge is -2.48. The molecule has 7 heteroatoms. The molecule has 0 radical (unpaired) electrons. The first kappa shape index (κ1) is 18.5. The number of anilines is 1. The number of amides is 1. The van der Waals surface area contributed by atoms with E-state index in [1.165, 1.54) is 7.05 Å². The van der Waals surface area contributed by atoms with Crippen LogP contribution in [0.2, 0.25) is 0 Å². The van der Waals surface area contributed by atoms with Crippen LogP contribution in [0.5, 0.6) is 0 Å². The second kappa shape index (κ2) is 6.57. The van der Waals surface area contributed by atoms with Crippen molar-refractivity contribution in [2.45, 2.75) is 45.8 Å². The first-order valence-corrected chi connectivity index (χ1v) is 8.22. The molecule has 2 rings (SSSR count). The molecule has 0 bridgehead atoms. The molecule has 0 saturated carbocycles. The Bertz CT molecular complexity index is 578. The summed E-state index contributed by atoms with van der Waals surface area (Å²) in [5.41, 5.74) is 0.202. The van der Waals surface area contributed by atoms with Crippen LogP contribution in [-0.2, 0) is 4.74 Å². The van der Waals surface area contributed by atoms with Crippen molar-refractivity contribution in [3.05, 3.63) is 23.5 Å². The van der Waals surface area contributed by atoms with Crippen molar-refractivity contribution in [1.29, 1.82) is 0 Å². The van der Waals surface area contributed by atoms with Crippen molar-refractivity contribution in [3.63, 3.8) is 0 Å². The smallest absolute Gasteiger partial charge is 0.410 e. The molecular weight excluding hydrogens is 308 g/mol. The van der Waals surface area contributed by atoms with Crippen LogP contribution in [0.4, 0.5) is 16.3 Å². The average molecular weight is 336 g/mol. The Morgan fingerprint density at radius 2 is 2.00 bits per heavy atom. The number of carbonyl (C=O) groups is 1. The molecule has 1 unspecified atom stereocenters. The van der Waals surface area contributed by atoms with E-state index in [9.17, 15) is 10.0 Å². The SMILES string of the molecule is C[NH+]([O-])c1ccc(N2CCN(C(=O)OC(C)(C)C)CC2(C)C)cn1. The van der Waals surface area contributed by atoms with Gasteiger partial charge in [-0.15, -0.1) is 0 Å². The van der Waals surface area contributed by atoms with Crippen LogP contribution in [0.15, 0.2) is 18.3 Å². The highest BCUT2D eigenvalue weighted by Gasteiger charge is 2.37. The van der Waals surface area contributed by atoms with Gasteiger partial charge in [-0.05, 0) is 40.7 Å². The summed E-state index contributed by atoms with van der Waals surface area (Å²) in [6, 6.07) is 3.66. The summed E-state index contributed by atoms with van der Waals surface area (Å²) in [6.07, 6.45) is 1.45. The molecular formula is C17H28N4O3. The van der Waals surface area contributed by atoms with E-state index in [4.69, 9.17) is 4.74 Å². The molecule has 1 aromatic rings. The summed E-state index contributed by atoms with van der Waals surface area (Å²) in [5.74, 6) is 0.462. The van der Waals surface area contributed by atoms with E-state index in [0.717, 1.165) is 5.69 Å². The fraction of sp³-hybridized carbons (Fsp3) is 0.647. The third-order valence-corrected chi connectivity index (χ3v) is 3.97. The van der Waals surface area contributed by atoms with Crippen LogP contribution in [0, 0.1) is 5.21 Å². The van der Waals surface area contributed by atoms with Gasteiger partial charge in [0.15, 0.2) is 0 Å². The number of piperazine rings is 1. The van der Waals surface area contributed by atoms with Gasteiger partial charge in [0.1, 0.15) is 5.60 Å². The van der Waals surface area contributed by atoms with Crippen molar-refractivity contribution in [2.24, 2.45) is 0 Å². The molecule has 1 atom stereocenters. The summed E-state index contributed by atoms with van der Waals surface area (Å²) in [5, 5.41) is 11.3. The quantitative estimate of drug-likeness (QED) is 0.830. The van der Waals surface area contributed by atoms with E-state index < -0.39 is 5.60 Å². The van der Waals surface area contributed by atoms with Crippen molar-refractivity contribution in [2.75, 3.05) is 31.6 Å². The Labute approximate surface area is 143 Å². The lowest BCUT2D eigenvalue weighted by Crippen LogP contribution is -2.98. The number of pyridine rings is 1. The molecule has 7 nitrogen and oxygen atoms in total. The van der Waals surface area contributed by atoms with E-state index in [2.05, 4.69) is 23.7 Å². The predicted octanol–water partition coefficient (Wildman–Crippen LogP) is 1.56. The number of nitrogens with zero attached hydrogens (tertiary/aromatic N) is 3. The highest BCUT2D eigenvalue weighted by molar-refractivity contribution is 5.69. The zero-order valence-electron chi connectivity index (χ0n) is 15.4. The Balaban J connectivity index is 2.10. The monoisotopic (exact) mass is 336 g/mol. The minimum absolute atomic E-state index is 0.0458. The molecule has 1 aliphatic rings. The lowest BCUT2D eigenvalue weighted by molar-refractivity contribution is -0.754. The van der Waals surface area contributed by atoms with E-state index in [1.54, 1.807) is 17.2 Å². The van der Waals surface area contributed by atoms with Crippen LogP contribution < -0.4 is 9.96 Å². The summed E-state index contributed by atoms with van der Waals surface area (Å²) in [4.78, 5) is 20.5. The number of rotatable bonds is 2. The molecule has 1 N–H and O–H groups in total. The van der Waals surface area contributed by atoms with Gasteiger partial charge < -0.3 is 24.8 Å². The van der Waals surface area contributed by atoms with Gasteiger partial charge in [0, 0.05) is 25.7 Å². The molecule has 1 saturated heterocycles. The van der Waals surface area contributed by atoms with Crippen LogP contribution >= 0.6 is 0 Å². The first-order valence-electron chi connectivity index (χ1n) is 8.22. The minimum Gasteiger partial charge on any atom is -0.628 e. The van der Waals surface area contributed by atoms with E-state index >= 15 is 0 Å². The number of hydrogen-bond acceptors (Lipinski definition) is 5. The maximum Gasteiger partial charge on any atom is 0.410 e. The maximum atomic E-state index is 12.3. The topological polar surface area (TPSA) is 73.2 Å². The third-order valence-electron chi connectivity index (χ3n) is 3.97. The molecule has 0 spiro atoms. The normalized spacial score (nSPS) is 19.1. The van der Waals surface area contributed by atoms with E-state index in [0.29, 0.717) is 25.5 Å². The molecule has 1 aromatic heterocycles. The summed E-state index contributed by atoms with van der Waals surface area (Å²) < 4.78 is 5.47. The van der Waals surface area contributed by atoms with Gasteiger partial charge in [-0.25, -0.2) is 9.78 Å². The fourth-order valence-electron chi connectivity index (χ4n) is 2.87. The number of hydroxylamine groups is 1. The number of aromatic nitrogens is 1. The van der Waals surface area contributed by atoms with Crippen LogP contribution in [-0.4, -0.2) is 53.8 Å². The fourth-order valence-corrected chi connectivity index (χ4v) is 2.87. The highest BCUT2D eigenvalue weighted by Crippen LogP contribution is 2.28. The van der Waals surface area contributed by atoms with E-state index in [-0.39, 0.29) is 16.7 Å². The molecule has 1 aliphatic heterocycles. The lowest BCUT2D eigenvalue weighted by atomic mass is 9.98. The van der Waals surface area contributed by atoms with Crippen molar-refractivity contribution < 1.29 is 14.6 Å². The van der Waals surface area contributed by atoms with Crippen LogP contribution in [0.1, 0.15) is 34.6 Å². The number of carbonyl (C=O) groups excluding carboxylic acids is 1. The van der Waals surface area contributed by atoms with Gasteiger partial charge in [-0.3, -0.25) is 0 Å². The van der Waals surface area contributed by atoms with Crippen LogP contribution in [0.3, 0.4) is 0 Å². The van der Waals surface area contributed by atoms with Crippen molar-refractivity contribution in [3.8, 4) is 0 Å². The third kappa shape index (κ3) is 4.36. The van der Waals surface area contributed by atoms with Gasteiger partial charge >= 0.3 is 6.09 Å². The zero-order chi connectivity index (χ0) is 18.1.